The maximum absolute atomic E-state index is 5.46. The van der Waals surface area contributed by atoms with Crippen LogP contribution in [-0.2, 0) is 4.74 Å². The normalized spacial score (nSPS) is 11.8. The zero-order chi connectivity index (χ0) is 12.1. The van der Waals surface area contributed by atoms with Gasteiger partial charge in [0.05, 0.1) is 19.6 Å². The fraction of sp³-hybridized carbons (Fsp3) is 0.0769. The van der Waals surface area contributed by atoms with E-state index in [0.29, 0.717) is 0 Å². The molecule has 0 atom stereocenters. The molecule has 2 aromatic heterocycles. The lowest BCUT2D eigenvalue weighted by Crippen LogP contribution is -2.10. The second-order valence-electron chi connectivity index (χ2n) is 3.18. The van der Waals surface area contributed by atoms with E-state index in [4.69, 9.17) is 13.6 Å². The average molecular weight is 248 g/mol. The molecule has 0 amide bonds. The van der Waals surface area contributed by atoms with Crippen LogP contribution >= 0.6 is 7.92 Å². The first kappa shape index (κ1) is 11.7. The highest BCUT2D eigenvalue weighted by Crippen LogP contribution is 2.43. The largest absolute Gasteiger partial charge is 0.496 e. The predicted octanol–water partition coefficient (Wildman–Crippen LogP) is 2.98. The van der Waals surface area contributed by atoms with Gasteiger partial charge in [-0.25, -0.2) is 0 Å². The first-order chi connectivity index (χ1) is 8.36. The van der Waals surface area contributed by atoms with E-state index in [-0.39, 0.29) is 0 Å². The van der Waals surface area contributed by atoms with E-state index >= 15 is 0 Å². The van der Waals surface area contributed by atoms with Crippen molar-refractivity contribution in [3.05, 3.63) is 61.0 Å². The summed E-state index contributed by atoms with van der Waals surface area (Å²) in [5.74, 6) is 0. The molecule has 0 fully saturated rings. The summed E-state index contributed by atoms with van der Waals surface area (Å²) in [6.45, 7) is 3.69. The molecule has 0 saturated carbocycles. The van der Waals surface area contributed by atoms with Crippen molar-refractivity contribution in [3.8, 4) is 0 Å². The number of allylic oxidation sites excluding steroid dienone is 2. The van der Waals surface area contributed by atoms with Crippen molar-refractivity contribution in [3.63, 3.8) is 0 Å². The first-order valence-electron chi connectivity index (χ1n) is 5.10. The Bertz CT molecular complexity index is 448. The van der Waals surface area contributed by atoms with Crippen molar-refractivity contribution >= 4 is 18.9 Å². The van der Waals surface area contributed by atoms with Crippen LogP contribution < -0.4 is 11.0 Å². The summed E-state index contributed by atoms with van der Waals surface area (Å²) in [4.78, 5) is 0. The van der Waals surface area contributed by atoms with Gasteiger partial charge in [-0.3, -0.25) is 0 Å². The molecule has 0 aliphatic rings. The van der Waals surface area contributed by atoms with Crippen LogP contribution in [0.2, 0.25) is 0 Å². The summed E-state index contributed by atoms with van der Waals surface area (Å²) in [5, 5.41) is 0. The van der Waals surface area contributed by atoms with Gasteiger partial charge >= 0.3 is 0 Å². The zero-order valence-electron chi connectivity index (χ0n) is 9.50. The topological polar surface area (TPSA) is 35.5 Å². The van der Waals surface area contributed by atoms with Gasteiger partial charge in [0.25, 0.3) is 0 Å². The lowest BCUT2D eigenvalue weighted by molar-refractivity contribution is 0.322. The predicted molar refractivity (Wildman–Crippen MR) is 68.9 cm³/mol. The smallest absolute Gasteiger partial charge is 0.140 e. The Hall–Kier alpha value is -1.73. The molecule has 0 unspecified atom stereocenters. The SMILES string of the molecule is C=C/C=C(\OC)P(c1ccco1)c1ccco1. The zero-order valence-corrected chi connectivity index (χ0v) is 10.4. The van der Waals surface area contributed by atoms with Crippen molar-refractivity contribution < 1.29 is 13.6 Å². The van der Waals surface area contributed by atoms with Gasteiger partial charge in [-0.2, -0.15) is 0 Å². The van der Waals surface area contributed by atoms with Crippen LogP contribution in [0.15, 0.2) is 69.9 Å². The van der Waals surface area contributed by atoms with E-state index in [1.807, 2.05) is 30.3 Å². The summed E-state index contributed by atoms with van der Waals surface area (Å²) in [6.07, 6.45) is 6.82. The van der Waals surface area contributed by atoms with Crippen LogP contribution in [0.3, 0.4) is 0 Å². The molecule has 0 radical (unpaired) electrons. The second kappa shape index (κ2) is 5.55. The fourth-order valence-electron chi connectivity index (χ4n) is 1.45. The molecular weight excluding hydrogens is 235 g/mol. The van der Waals surface area contributed by atoms with Crippen molar-refractivity contribution in [1.82, 2.24) is 0 Å². The number of furan rings is 2. The molecule has 0 N–H and O–H groups in total. The van der Waals surface area contributed by atoms with Crippen LogP contribution in [0, 0.1) is 0 Å². The minimum Gasteiger partial charge on any atom is -0.496 e. The highest BCUT2D eigenvalue weighted by molar-refractivity contribution is 7.75. The van der Waals surface area contributed by atoms with E-state index in [1.165, 1.54) is 0 Å². The van der Waals surface area contributed by atoms with Gasteiger partial charge in [-0.15, -0.1) is 0 Å². The van der Waals surface area contributed by atoms with Gasteiger partial charge < -0.3 is 13.6 Å². The van der Waals surface area contributed by atoms with Crippen LogP contribution in [0.25, 0.3) is 0 Å². The lowest BCUT2D eigenvalue weighted by Gasteiger charge is -2.14. The van der Waals surface area contributed by atoms with Gasteiger partial charge in [-0.05, 0) is 30.3 Å². The quantitative estimate of drug-likeness (QED) is 0.463. The van der Waals surface area contributed by atoms with Crippen LogP contribution in [-0.4, -0.2) is 7.11 Å². The van der Waals surface area contributed by atoms with Gasteiger partial charge in [0, 0.05) is 0 Å². The molecule has 0 bridgehead atoms. The highest BCUT2D eigenvalue weighted by atomic mass is 31.1. The fourth-order valence-corrected chi connectivity index (χ4v) is 3.35. The minimum absolute atomic E-state index is 0.792. The maximum Gasteiger partial charge on any atom is 0.140 e. The molecule has 88 valence electrons. The Kier molecular flexibility index (Phi) is 3.84. The number of hydrogen-bond donors (Lipinski definition) is 0. The molecule has 0 spiro atoms. The van der Waals surface area contributed by atoms with Gasteiger partial charge in [0.1, 0.15) is 24.4 Å². The molecule has 2 rings (SSSR count). The first-order valence-corrected chi connectivity index (χ1v) is 6.45. The summed E-state index contributed by atoms with van der Waals surface area (Å²) in [7, 11) is 0.724. The molecular formula is C13H13O3P. The molecule has 3 nitrogen and oxygen atoms in total. The third-order valence-electron chi connectivity index (χ3n) is 2.14. The molecule has 2 aromatic rings. The monoisotopic (exact) mass is 248 g/mol. The Morgan fingerprint density at radius 3 is 2.18 bits per heavy atom. The summed E-state index contributed by atoms with van der Waals surface area (Å²) < 4.78 is 16.3. The summed E-state index contributed by atoms with van der Waals surface area (Å²) in [6, 6.07) is 7.55. The highest BCUT2D eigenvalue weighted by Gasteiger charge is 2.24. The summed E-state index contributed by atoms with van der Waals surface area (Å²) >= 11 is 0. The molecule has 0 aliphatic heterocycles. The van der Waals surface area contributed by atoms with E-state index in [2.05, 4.69) is 6.58 Å². The minimum atomic E-state index is -0.912. The van der Waals surface area contributed by atoms with Crippen molar-refractivity contribution in [2.75, 3.05) is 7.11 Å². The van der Waals surface area contributed by atoms with Crippen molar-refractivity contribution in [1.29, 1.82) is 0 Å². The van der Waals surface area contributed by atoms with E-state index < -0.39 is 7.92 Å². The maximum atomic E-state index is 5.46. The second-order valence-corrected chi connectivity index (χ2v) is 5.18. The standard InChI is InChI=1S/C13H13O3P/c1-3-6-11(14-2)17(12-7-4-9-15-12)13-8-5-10-16-13/h3-10H,1H2,2H3/b11-6+. The van der Waals surface area contributed by atoms with Crippen LogP contribution in [0.4, 0.5) is 0 Å². The Labute approximate surface area is 101 Å². The number of methoxy groups -OCH3 is 1. The van der Waals surface area contributed by atoms with Gasteiger partial charge in [0.2, 0.25) is 0 Å². The molecule has 2 heterocycles. The molecule has 17 heavy (non-hydrogen) atoms. The van der Waals surface area contributed by atoms with E-state index in [0.717, 1.165) is 16.5 Å². The molecule has 0 aromatic carbocycles. The Morgan fingerprint density at radius 2 is 1.82 bits per heavy atom. The van der Waals surface area contributed by atoms with Crippen LogP contribution in [0.5, 0.6) is 0 Å². The van der Waals surface area contributed by atoms with E-state index in [1.54, 1.807) is 25.7 Å². The Morgan fingerprint density at radius 1 is 1.24 bits per heavy atom. The number of ether oxygens (including phenoxy) is 1. The van der Waals surface area contributed by atoms with Crippen molar-refractivity contribution in [2.45, 2.75) is 0 Å². The van der Waals surface area contributed by atoms with Gasteiger partial charge in [0.15, 0.2) is 0 Å². The molecule has 0 aliphatic carbocycles. The lowest BCUT2D eigenvalue weighted by atomic mass is 10.6. The van der Waals surface area contributed by atoms with Crippen LogP contribution in [0.1, 0.15) is 0 Å². The van der Waals surface area contributed by atoms with Crippen molar-refractivity contribution in [2.24, 2.45) is 0 Å². The molecule has 4 heteroatoms. The molecule has 0 saturated heterocycles. The van der Waals surface area contributed by atoms with E-state index in [9.17, 15) is 0 Å². The Balaban J connectivity index is 2.44. The third kappa shape index (κ3) is 2.51. The van der Waals surface area contributed by atoms with Gasteiger partial charge in [-0.1, -0.05) is 12.7 Å². The summed E-state index contributed by atoms with van der Waals surface area (Å²) in [5.41, 5.74) is 2.47. The average Bonchev–Trinajstić information content (AvgIpc) is 3.01. The third-order valence-corrected chi connectivity index (χ3v) is 4.31. The number of rotatable bonds is 5. The number of hydrogen-bond acceptors (Lipinski definition) is 3.